The molecular formula is C31H43N3O5. The molecule has 6 unspecified atom stereocenters. The molecule has 8 nitrogen and oxygen atoms in total. The van der Waals surface area contributed by atoms with E-state index in [1.807, 2.05) is 63.2 Å². The van der Waals surface area contributed by atoms with Gasteiger partial charge in [-0.2, -0.15) is 0 Å². The molecule has 0 spiro atoms. The minimum atomic E-state index is -0.909. The zero-order valence-corrected chi connectivity index (χ0v) is 23.8. The van der Waals surface area contributed by atoms with Gasteiger partial charge in [0.1, 0.15) is 24.2 Å². The first-order chi connectivity index (χ1) is 18.6. The highest BCUT2D eigenvalue weighted by Crippen LogP contribution is 2.22. The number of rotatable bonds is 8. The van der Waals surface area contributed by atoms with Crippen LogP contribution in [0, 0.1) is 11.8 Å². The molecule has 0 saturated carbocycles. The zero-order chi connectivity index (χ0) is 28.5. The number of ether oxygens (including phenoxy) is 1. The molecule has 1 saturated heterocycles. The van der Waals surface area contributed by atoms with Crippen LogP contribution >= 0.6 is 0 Å². The van der Waals surface area contributed by atoms with E-state index in [0.717, 1.165) is 35.6 Å². The number of carbonyl (C=O) groups excluding carboxylic acids is 4. The van der Waals surface area contributed by atoms with Crippen LogP contribution in [-0.4, -0.2) is 47.9 Å². The third-order valence-corrected chi connectivity index (χ3v) is 7.72. The van der Waals surface area contributed by atoms with E-state index >= 15 is 0 Å². The van der Waals surface area contributed by atoms with Crippen LogP contribution < -0.4 is 16.0 Å². The second-order valence-corrected chi connectivity index (χ2v) is 10.9. The van der Waals surface area contributed by atoms with Crippen molar-refractivity contribution in [2.75, 3.05) is 0 Å². The Morgan fingerprint density at radius 3 is 2.31 bits per heavy atom. The summed E-state index contributed by atoms with van der Waals surface area (Å²) in [5, 5.41) is 10.5. The Bertz CT molecular complexity index is 1170. The first-order valence-corrected chi connectivity index (χ1v) is 14.2. The Morgan fingerprint density at radius 2 is 1.62 bits per heavy atom. The van der Waals surface area contributed by atoms with E-state index in [9.17, 15) is 19.2 Å². The van der Waals surface area contributed by atoms with Gasteiger partial charge in [-0.1, -0.05) is 89.4 Å². The maximum absolute atomic E-state index is 13.4. The van der Waals surface area contributed by atoms with Crippen molar-refractivity contribution < 1.29 is 23.9 Å². The normalized spacial score (nSPS) is 24.7. The average Bonchev–Trinajstić information content (AvgIpc) is 2.92. The summed E-state index contributed by atoms with van der Waals surface area (Å²) in [7, 11) is 0. The van der Waals surface area contributed by atoms with Crippen molar-refractivity contribution in [2.45, 2.75) is 97.4 Å². The molecule has 212 valence electrons. The molecule has 3 N–H and O–H groups in total. The fourth-order valence-corrected chi connectivity index (χ4v) is 4.87. The molecule has 3 rings (SSSR count). The van der Waals surface area contributed by atoms with Crippen LogP contribution in [0.3, 0.4) is 0 Å². The number of carbonyl (C=O) groups is 4. The lowest BCUT2D eigenvalue weighted by Gasteiger charge is -2.29. The number of hydrogen-bond acceptors (Lipinski definition) is 5. The van der Waals surface area contributed by atoms with E-state index < -0.39 is 42.0 Å². The van der Waals surface area contributed by atoms with Gasteiger partial charge in [-0.05, 0) is 41.5 Å². The number of nitrogens with one attached hydrogen (secondary N) is 3. The standard InChI is InChI=1S/C31H43N3O5/c1-6-8-11-20(4)26-18-27(35)33-25(17-22-14-15-23-12-9-10-13-24(23)16-22)30(37)32-21(5)29(36)34-28(19(3)7-2)31(38)39-26/h9-10,12-16,19-21,25-26,28H,6-8,11,17-18H2,1-5H3,(H,32,37)(H,33,35)(H,34,36). The van der Waals surface area contributed by atoms with Crippen LogP contribution in [0.25, 0.3) is 10.8 Å². The summed E-state index contributed by atoms with van der Waals surface area (Å²) in [6.45, 7) is 9.42. The topological polar surface area (TPSA) is 114 Å². The van der Waals surface area contributed by atoms with Crippen molar-refractivity contribution in [1.82, 2.24) is 16.0 Å². The Labute approximate surface area is 231 Å². The molecule has 1 aliphatic rings. The maximum atomic E-state index is 13.4. The average molecular weight is 538 g/mol. The van der Waals surface area contributed by atoms with E-state index in [-0.39, 0.29) is 30.6 Å². The Hall–Kier alpha value is -3.42. The van der Waals surface area contributed by atoms with Gasteiger partial charge in [0.2, 0.25) is 17.7 Å². The molecule has 1 heterocycles. The van der Waals surface area contributed by atoms with Crippen LogP contribution in [0.5, 0.6) is 0 Å². The van der Waals surface area contributed by atoms with Crippen molar-refractivity contribution in [3.63, 3.8) is 0 Å². The zero-order valence-electron chi connectivity index (χ0n) is 23.8. The monoisotopic (exact) mass is 537 g/mol. The first kappa shape index (κ1) is 30.1. The fourth-order valence-electron chi connectivity index (χ4n) is 4.87. The molecule has 0 aromatic heterocycles. The van der Waals surface area contributed by atoms with E-state index in [2.05, 4.69) is 22.9 Å². The van der Waals surface area contributed by atoms with Crippen molar-refractivity contribution >= 4 is 34.5 Å². The Morgan fingerprint density at radius 1 is 0.897 bits per heavy atom. The van der Waals surface area contributed by atoms with Gasteiger partial charge < -0.3 is 20.7 Å². The molecule has 1 aliphatic heterocycles. The summed E-state index contributed by atoms with van der Waals surface area (Å²) >= 11 is 0. The highest BCUT2D eigenvalue weighted by molar-refractivity contribution is 5.94. The number of hydrogen-bond donors (Lipinski definition) is 3. The molecule has 3 amide bonds. The largest absolute Gasteiger partial charge is 0.460 e. The second-order valence-electron chi connectivity index (χ2n) is 10.9. The number of unbranched alkanes of at least 4 members (excludes halogenated alkanes) is 1. The minimum Gasteiger partial charge on any atom is -0.460 e. The molecular weight excluding hydrogens is 494 g/mol. The summed E-state index contributed by atoms with van der Waals surface area (Å²) < 4.78 is 5.92. The van der Waals surface area contributed by atoms with Gasteiger partial charge in [0, 0.05) is 6.42 Å². The summed E-state index contributed by atoms with van der Waals surface area (Å²) in [5.41, 5.74) is 0.881. The molecule has 0 bridgehead atoms. The molecule has 0 aliphatic carbocycles. The maximum Gasteiger partial charge on any atom is 0.329 e. The fraction of sp³-hybridized carbons (Fsp3) is 0.548. The van der Waals surface area contributed by atoms with Gasteiger partial charge in [-0.15, -0.1) is 0 Å². The molecule has 2 aromatic rings. The quantitative estimate of drug-likeness (QED) is 0.440. The molecule has 1 fully saturated rings. The smallest absolute Gasteiger partial charge is 0.329 e. The molecule has 0 radical (unpaired) electrons. The summed E-state index contributed by atoms with van der Waals surface area (Å²) in [4.78, 5) is 53.0. The first-order valence-electron chi connectivity index (χ1n) is 14.2. The van der Waals surface area contributed by atoms with Crippen LogP contribution in [0.2, 0.25) is 0 Å². The van der Waals surface area contributed by atoms with E-state index in [1.165, 1.54) is 0 Å². The van der Waals surface area contributed by atoms with E-state index in [0.29, 0.717) is 6.42 Å². The van der Waals surface area contributed by atoms with Crippen LogP contribution in [-0.2, 0) is 30.3 Å². The highest BCUT2D eigenvalue weighted by Gasteiger charge is 2.35. The summed E-state index contributed by atoms with van der Waals surface area (Å²) in [6, 6.07) is 11.2. The van der Waals surface area contributed by atoms with Crippen molar-refractivity contribution in [3.8, 4) is 0 Å². The van der Waals surface area contributed by atoms with E-state index in [1.54, 1.807) is 6.92 Å². The minimum absolute atomic E-state index is 0.0607. The van der Waals surface area contributed by atoms with Crippen LogP contribution in [0.1, 0.15) is 72.3 Å². The van der Waals surface area contributed by atoms with Crippen molar-refractivity contribution in [3.05, 3.63) is 48.0 Å². The van der Waals surface area contributed by atoms with Gasteiger partial charge in [0.25, 0.3) is 0 Å². The number of benzene rings is 2. The number of amides is 3. The SMILES string of the molecule is CCCCC(C)C1CC(=O)NC(Cc2ccc3ccccc3c2)C(=O)NC(C)C(=O)NC(C(C)CC)C(=O)O1. The number of fused-ring (bicyclic) bond motifs is 1. The van der Waals surface area contributed by atoms with Crippen molar-refractivity contribution in [1.29, 1.82) is 0 Å². The predicted molar refractivity (Wildman–Crippen MR) is 152 cm³/mol. The molecule has 8 heteroatoms. The van der Waals surface area contributed by atoms with Crippen LogP contribution in [0.4, 0.5) is 0 Å². The lowest BCUT2D eigenvalue weighted by molar-refractivity contribution is -0.158. The number of cyclic esters (lactones) is 1. The van der Waals surface area contributed by atoms with E-state index in [4.69, 9.17) is 4.74 Å². The Balaban J connectivity index is 1.92. The molecule has 6 atom stereocenters. The second kappa shape index (κ2) is 14.1. The highest BCUT2D eigenvalue weighted by atomic mass is 16.5. The van der Waals surface area contributed by atoms with Crippen molar-refractivity contribution in [2.24, 2.45) is 11.8 Å². The lowest BCUT2D eigenvalue weighted by Crippen LogP contribution is -2.55. The third kappa shape index (κ3) is 8.28. The van der Waals surface area contributed by atoms with Gasteiger partial charge in [0.05, 0.1) is 6.42 Å². The third-order valence-electron chi connectivity index (χ3n) is 7.72. The predicted octanol–water partition coefficient (Wildman–Crippen LogP) is 4.04. The Kier molecular flexibility index (Phi) is 10.9. The van der Waals surface area contributed by atoms with Gasteiger partial charge >= 0.3 is 5.97 Å². The summed E-state index contributed by atoms with van der Waals surface area (Å²) in [5.74, 6) is -2.11. The summed E-state index contributed by atoms with van der Waals surface area (Å²) in [6.07, 6.45) is 2.87. The lowest BCUT2D eigenvalue weighted by atomic mass is 9.94. The number of esters is 1. The van der Waals surface area contributed by atoms with Gasteiger partial charge in [-0.25, -0.2) is 4.79 Å². The van der Waals surface area contributed by atoms with Gasteiger partial charge in [0.15, 0.2) is 0 Å². The van der Waals surface area contributed by atoms with Crippen LogP contribution in [0.15, 0.2) is 42.5 Å². The molecule has 39 heavy (non-hydrogen) atoms. The van der Waals surface area contributed by atoms with Gasteiger partial charge in [-0.3, -0.25) is 14.4 Å². The molecule has 2 aromatic carbocycles.